The van der Waals surface area contributed by atoms with Crippen LogP contribution in [0.1, 0.15) is 24.2 Å². The number of nitrogens with zero attached hydrogens (tertiary/aromatic N) is 2. The Morgan fingerprint density at radius 3 is 2.39 bits per heavy atom. The molecule has 2 N–H and O–H groups in total. The zero-order valence-corrected chi connectivity index (χ0v) is 16.4. The average Bonchev–Trinajstić information content (AvgIpc) is 2.71. The molecule has 0 aromatic heterocycles. The highest BCUT2D eigenvalue weighted by Crippen LogP contribution is 2.25. The first kappa shape index (κ1) is 21.2. The van der Waals surface area contributed by atoms with Crippen molar-refractivity contribution in [3.8, 4) is 5.75 Å². The quantitative estimate of drug-likeness (QED) is 0.478. The Balaban J connectivity index is 1.97. The Hall–Kier alpha value is -3.13. The van der Waals surface area contributed by atoms with Gasteiger partial charge in [0.2, 0.25) is 0 Å². The lowest BCUT2D eigenvalue weighted by Crippen LogP contribution is -2.27. The highest BCUT2D eigenvalue weighted by Gasteiger charge is 2.17. The number of ether oxygens (including phenoxy) is 1. The second kappa shape index (κ2) is 10.3. The van der Waals surface area contributed by atoms with Crippen LogP contribution in [0.3, 0.4) is 0 Å². The molecule has 0 saturated heterocycles. The van der Waals surface area contributed by atoms with E-state index in [4.69, 9.17) is 4.74 Å². The Labute approximate surface area is 164 Å². The smallest absolute Gasteiger partial charge is 0.293 e. The van der Waals surface area contributed by atoms with Crippen molar-refractivity contribution in [1.29, 1.82) is 0 Å². The third-order valence-electron chi connectivity index (χ3n) is 4.41. The highest BCUT2D eigenvalue weighted by molar-refractivity contribution is 6.05. The molecule has 0 spiro atoms. The molecule has 0 saturated carbocycles. The Morgan fingerprint density at radius 1 is 1.14 bits per heavy atom. The summed E-state index contributed by atoms with van der Waals surface area (Å²) in [5.74, 6) is 0.306. The van der Waals surface area contributed by atoms with Crippen molar-refractivity contribution < 1.29 is 14.5 Å². The zero-order chi connectivity index (χ0) is 20.5. The predicted molar refractivity (Wildman–Crippen MR) is 110 cm³/mol. The summed E-state index contributed by atoms with van der Waals surface area (Å²) in [7, 11) is 1.59. The summed E-state index contributed by atoms with van der Waals surface area (Å²) in [5.41, 5.74) is 1.01. The number of carbonyl (C=O) groups is 1. The topological polar surface area (TPSA) is 96.7 Å². The van der Waals surface area contributed by atoms with E-state index in [1.165, 1.54) is 12.1 Å². The maximum absolute atomic E-state index is 12.4. The molecular weight excluding hydrogens is 360 g/mol. The molecule has 28 heavy (non-hydrogen) atoms. The van der Waals surface area contributed by atoms with Crippen LogP contribution in [0.4, 0.5) is 17.1 Å². The fourth-order valence-electron chi connectivity index (χ4n) is 2.71. The van der Waals surface area contributed by atoms with Crippen molar-refractivity contribution in [2.45, 2.75) is 13.8 Å². The van der Waals surface area contributed by atoms with Crippen LogP contribution in [-0.2, 0) is 0 Å². The van der Waals surface area contributed by atoms with Crippen molar-refractivity contribution >= 4 is 23.0 Å². The molecule has 0 radical (unpaired) electrons. The first-order valence-electron chi connectivity index (χ1n) is 9.21. The Bertz CT molecular complexity index is 804. The van der Waals surface area contributed by atoms with Crippen LogP contribution < -0.4 is 15.4 Å². The molecule has 0 heterocycles. The summed E-state index contributed by atoms with van der Waals surface area (Å²) in [6.45, 7) is 7.64. The van der Waals surface area contributed by atoms with Crippen molar-refractivity contribution in [2.24, 2.45) is 0 Å². The lowest BCUT2D eigenvalue weighted by molar-refractivity contribution is -0.384. The molecule has 2 rings (SSSR count). The fraction of sp³-hybridized carbons (Fsp3) is 0.350. The van der Waals surface area contributed by atoms with Gasteiger partial charge in [-0.05, 0) is 49.5 Å². The van der Waals surface area contributed by atoms with Gasteiger partial charge >= 0.3 is 0 Å². The molecule has 2 aromatic carbocycles. The lowest BCUT2D eigenvalue weighted by atomic mass is 10.1. The number of nitro benzene ring substituents is 1. The van der Waals surface area contributed by atoms with Gasteiger partial charge in [0.05, 0.1) is 4.92 Å². The van der Waals surface area contributed by atoms with E-state index in [0.29, 0.717) is 18.0 Å². The minimum Gasteiger partial charge on any atom is -0.492 e. The summed E-state index contributed by atoms with van der Waals surface area (Å²) in [5, 5.41) is 16.6. The predicted octanol–water partition coefficient (Wildman–Crippen LogP) is 3.61. The third-order valence-corrected chi connectivity index (χ3v) is 4.41. The van der Waals surface area contributed by atoms with Gasteiger partial charge in [-0.2, -0.15) is 0 Å². The highest BCUT2D eigenvalue weighted by atomic mass is 16.6. The van der Waals surface area contributed by atoms with Crippen molar-refractivity contribution in [1.82, 2.24) is 4.90 Å². The van der Waals surface area contributed by atoms with E-state index >= 15 is 0 Å². The number of anilines is 2. The number of benzene rings is 2. The van der Waals surface area contributed by atoms with Gasteiger partial charge in [0.15, 0.2) is 0 Å². The van der Waals surface area contributed by atoms with Crippen molar-refractivity contribution in [3.63, 3.8) is 0 Å². The van der Waals surface area contributed by atoms with Gasteiger partial charge in [0.1, 0.15) is 18.0 Å². The lowest BCUT2D eigenvalue weighted by Gasteiger charge is -2.18. The summed E-state index contributed by atoms with van der Waals surface area (Å²) in [4.78, 5) is 25.3. The number of rotatable bonds is 10. The van der Waals surface area contributed by atoms with E-state index in [2.05, 4.69) is 29.4 Å². The van der Waals surface area contributed by atoms with Crippen LogP contribution in [0, 0.1) is 10.1 Å². The maximum atomic E-state index is 12.4. The normalized spacial score (nSPS) is 10.6. The number of likely N-dealkylation sites (N-methyl/N-ethyl adjacent to an activating group) is 1. The number of carbonyl (C=O) groups excluding carboxylic acids is 1. The largest absolute Gasteiger partial charge is 0.492 e. The maximum Gasteiger partial charge on any atom is 0.293 e. The van der Waals surface area contributed by atoms with Gasteiger partial charge in [-0.1, -0.05) is 13.8 Å². The number of nitro groups is 1. The first-order chi connectivity index (χ1) is 13.5. The van der Waals surface area contributed by atoms with E-state index in [1.54, 1.807) is 37.4 Å². The van der Waals surface area contributed by atoms with Gasteiger partial charge in [-0.25, -0.2) is 0 Å². The summed E-state index contributed by atoms with van der Waals surface area (Å²) in [6, 6.07) is 11.3. The second-order valence-electron chi connectivity index (χ2n) is 6.09. The van der Waals surface area contributed by atoms with Gasteiger partial charge in [-0.15, -0.1) is 0 Å². The first-order valence-corrected chi connectivity index (χ1v) is 9.21. The molecule has 0 aliphatic carbocycles. The average molecular weight is 386 g/mol. The molecule has 0 bridgehead atoms. The summed E-state index contributed by atoms with van der Waals surface area (Å²) in [6.07, 6.45) is 0. The molecule has 0 fully saturated rings. The van der Waals surface area contributed by atoms with Gasteiger partial charge in [0.25, 0.3) is 11.6 Å². The molecule has 2 aromatic rings. The SMILES string of the molecule is CCN(CC)CCOc1ccc(NC(=O)c2ccc(NC)c([N+](=O)[O-])c2)cc1. The molecule has 1 amide bonds. The molecule has 8 nitrogen and oxygen atoms in total. The molecule has 0 unspecified atom stereocenters. The summed E-state index contributed by atoms with van der Waals surface area (Å²) < 4.78 is 5.72. The van der Waals surface area contributed by atoms with Gasteiger partial charge in [0, 0.05) is 30.9 Å². The number of nitrogens with one attached hydrogen (secondary N) is 2. The minimum atomic E-state index is -0.521. The van der Waals surface area contributed by atoms with Crippen LogP contribution in [-0.4, -0.2) is 49.0 Å². The third kappa shape index (κ3) is 5.68. The molecule has 0 aliphatic rings. The van der Waals surface area contributed by atoms with Crippen LogP contribution in [0.2, 0.25) is 0 Å². The van der Waals surface area contributed by atoms with Crippen LogP contribution in [0.25, 0.3) is 0 Å². The monoisotopic (exact) mass is 386 g/mol. The van der Waals surface area contributed by atoms with E-state index < -0.39 is 10.8 Å². The number of hydrogen-bond donors (Lipinski definition) is 2. The van der Waals surface area contributed by atoms with E-state index in [-0.39, 0.29) is 11.3 Å². The standard InChI is InChI=1S/C20H26N4O4/c1-4-23(5-2)12-13-28-17-9-7-16(8-10-17)22-20(25)15-6-11-18(21-3)19(14-15)24(26)27/h6-11,14,21H,4-5,12-13H2,1-3H3,(H,22,25). The Kier molecular flexibility index (Phi) is 7.76. The minimum absolute atomic E-state index is 0.146. The van der Waals surface area contributed by atoms with Crippen LogP contribution in [0.15, 0.2) is 42.5 Å². The van der Waals surface area contributed by atoms with Crippen molar-refractivity contribution in [2.75, 3.05) is 43.9 Å². The molecule has 0 atom stereocenters. The molecule has 0 aliphatic heterocycles. The summed E-state index contributed by atoms with van der Waals surface area (Å²) >= 11 is 0. The molecule has 150 valence electrons. The molecular formula is C20H26N4O4. The van der Waals surface area contributed by atoms with Gasteiger partial charge in [-0.3, -0.25) is 14.9 Å². The molecule has 8 heteroatoms. The van der Waals surface area contributed by atoms with E-state index in [9.17, 15) is 14.9 Å². The zero-order valence-electron chi connectivity index (χ0n) is 16.4. The fourth-order valence-corrected chi connectivity index (χ4v) is 2.71. The number of amides is 1. The van der Waals surface area contributed by atoms with Crippen LogP contribution in [0.5, 0.6) is 5.75 Å². The number of hydrogen-bond acceptors (Lipinski definition) is 6. The van der Waals surface area contributed by atoms with Gasteiger partial charge < -0.3 is 20.3 Å². The Morgan fingerprint density at radius 2 is 1.82 bits per heavy atom. The van der Waals surface area contributed by atoms with E-state index in [0.717, 1.165) is 25.4 Å². The van der Waals surface area contributed by atoms with Crippen LogP contribution >= 0.6 is 0 Å². The second-order valence-corrected chi connectivity index (χ2v) is 6.09. The van der Waals surface area contributed by atoms with E-state index in [1.807, 2.05) is 0 Å². The van der Waals surface area contributed by atoms with Crippen molar-refractivity contribution in [3.05, 3.63) is 58.1 Å².